The van der Waals surface area contributed by atoms with Gasteiger partial charge in [0.1, 0.15) is 13.2 Å². The number of aliphatic carboxylic acids is 1. The fraction of sp³-hybridized carbons (Fsp3) is 0.206. The van der Waals surface area contributed by atoms with Crippen molar-refractivity contribution in [1.29, 1.82) is 0 Å². The third-order valence-electron chi connectivity index (χ3n) is 8.04. The van der Waals surface area contributed by atoms with Crippen molar-refractivity contribution in [3.63, 3.8) is 0 Å². The second-order valence-corrected chi connectivity index (χ2v) is 10.5. The smallest absolute Gasteiger partial charge is 0.414 e. The fourth-order valence-corrected chi connectivity index (χ4v) is 6.03. The Morgan fingerprint density at radius 3 is 2.12 bits per heavy atom. The second kappa shape index (κ2) is 11.4. The molecule has 0 bridgehead atoms. The van der Waals surface area contributed by atoms with Gasteiger partial charge in [-0.15, -0.1) is 0 Å². The number of fused-ring (bicyclic) bond motifs is 4. The maximum absolute atomic E-state index is 13.3. The number of amides is 2. The number of carbonyl (C=O) groups is 3. The van der Waals surface area contributed by atoms with Crippen molar-refractivity contribution in [3.05, 3.63) is 125 Å². The second-order valence-electron chi connectivity index (χ2n) is 10.5. The molecule has 0 saturated heterocycles. The van der Waals surface area contributed by atoms with Crippen LogP contribution in [0.15, 0.2) is 103 Å². The lowest BCUT2D eigenvalue weighted by atomic mass is 9.85. The lowest BCUT2D eigenvalue weighted by Gasteiger charge is -2.31. The number of hydrogen-bond donors (Lipinski definition) is 2. The molecule has 2 amide bonds. The first-order valence-electron chi connectivity index (χ1n) is 13.9. The van der Waals surface area contributed by atoms with E-state index in [4.69, 9.17) is 9.47 Å². The van der Waals surface area contributed by atoms with Gasteiger partial charge in [-0.05, 0) is 46.7 Å². The van der Waals surface area contributed by atoms with E-state index >= 15 is 0 Å². The van der Waals surface area contributed by atoms with Crippen molar-refractivity contribution in [1.82, 2.24) is 5.32 Å². The third kappa shape index (κ3) is 4.96. The van der Waals surface area contributed by atoms with Crippen LogP contribution in [0.2, 0.25) is 0 Å². The molecule has 0 fully saturated rings. The molecule has 212 valence electrons. The number of hydrogen-bond acceptors (Lipinski definition) is 5. The molecule has 42 heavy (non-hydrogen) atoms. The lowest BCUT2D eigenvalue weighted by molar-refractivity contribution is -0.145. The number of nitrogens with zero attached hydrogens (tertiary/aromatic N) is 1. The van der Waals surface area contributed by atoms with E-state index in [0.717, 1.165) is 27.8 Å². The van der Waals surface area contributed by atoms with Crippen LogP contribution in [-0.2, 0) is 26.4 Å². The predicted octanol–water partition coefficient (Wildman–Crippen LogP) is 6.44. The summed E-state index contributed by atoms with van der Waals surface area (Å²) in [5.74, 6) is -1.40. The van der Waals surface area contributed by atoms with E-state index in [-0.39, 0.29) is 32.1 Å². The normalized spacial score (nSPS) is 17.3. The number of anilines is 1. The van der Waals surface area contributed by atoms with Gasteiger partial charge in [0.15, 0.2) is 5.54 Å². The Kier molecular flexibility index (Phi) is 7.35. The van der Waals surface area contributed by atoms with Crippen LogP contribution in [0.5, 0.6) is 0 Å². The van der Waals surface area contributed by atoms with Gasteiger partial charge in [0.2, 0.25) is 0 Å². The van der Waals surface area contributed by atoms with Gasteiger partial charge < -0.3 is 19.9 Å². The maximum Gasteiger partial charge on any atom is 0.414 e. The van der Waals surface area contributed by atoms with Crippen LogP contribution < -0.4 is 10.2 Å². The molecular weight excluding hydrogens is 532 g/mol. The summed E-state index contributed by atoms with van der Waals surface area (Å²) in [6.07, 6.45) is -1.06. The summed E-state index contributed by atoms with van der Waals surface area (Å²) in [5, 5.41) is 13.2. The van der Waals surface area contributed by atoms with Crippen LogP contribution in [0.3, 0.4) is 0 Å². The zero-order valence-electron chi connectivity index (χ0n) is 22.9. The highest BCUT2D eigenvalue weighted by Crippen LogP contribution is 2.45. The van der Waals surface area contributed by atoms with Crippen molar-refractivity contribution < 1.29 is 29.0 Å². The lowest BCUT2D eigenvalue weighted by Crippen LogP contribution is -2.52. The summed E-state index contributed by atoms with van der Waals surface area (Å²) < 4.78 is 11.3. The Morgan fingerprint density at radius 2 is 1.43 bits per heavy atom. The summed E-state index contributed by atoms with van der Waals surface area (Å²) in [5.41, 5.74) is 4.02. The molecule has 8 nitrogen and oxygen atoms in total. The SMILES string of the molecule is O=C(NC1(C(=O)O)CCCN(C(=O)OCc2ccccc2)c2ccccc21)OCC1c2ccccc2-c2ccccc21. The van der Waals surface area contributed by atoms with Gasteiger partial charge in [0, 0.05) is 18.0 Å². The molecule has 0 radical (unpaired) electrons. The van der Waals surface area contributed by atoms with E-state index in [1.807, 2.05) is 78.9 Å². The Hall–Kier alpha value is -5.11. The number of carboxylic acid groups (broad SMARTS) is 1. The predicted molar refractivity (Wildman–Crippen MR) is 157 cm³/mol. The number of nitrogens with one attached hydrogen (secondary N) is 1. The zero-order chi connectivity index (χ0) is 29.1. The van der Waals surface area contributed by atoms with Crippen LogP contribution >= 0.6 is 0 Å². The molecule has 2 aliphatic rings. The number of alkyl carbamates (subject to hydrolysis) is 1. The molecule has 2 N–H and O–H groups in total. The number of carbonyl (C=O) groups excluding carboxylic acids is 2. The summed E-state index contributed by atoms with van der Waals surface area (Å²) >= 11 is 0. The molecule has 1 heterocycles. The van der Waals surface area contributed by atoms with Gasteiger partial charge in [-0.1, -0.05) is 97.1 Å². The molecule has 4 aromatic rings. The Morgan fingerprint density at radius 1 is 0.810 bits per heavy atom. The minimum absolute atomic E-state index is 0.0507. The van der Waals surface area contributed by atoms with Gasteiger partial charge in [-0.3, -0.25) is 4.90 Å². The Bertz CT molecular complexity index is 1590. The first kappa shape index (κ1) is 27.1. The van der Waals surface area contributed by atoms with Crippen molar-refractivity contribution in [3.8, 4) is 11.1 Å². The minimum atomic E-state index is -1.80. The molecule has 0 spiro atoms. The van der Waals surface area contributed by atoms with Crippen LogP contribution in [-0.4, -0.2) is 36.4 Å². The van der Waals surface area contributed by atoms with Gasteiger partial charge in [0.05, 0.1) is 5.69 Å². The molecular formula is C34H30N2O6. The molecule has 6 rings (SSSR count). The van der Waals surface area contributed by atoms with E-state index in [2.05, 4.69) is 5.32 Å². The largest absolute Gasteiger partial charge is 0.479 e. The van der Waals surface area contributed by atoms with Gasteiger partial charge in [-0.25, -0.2) is 14.4 Å². The van der Waals surface area contributed by atoms with Crippen molar-refractivity contribution in [2.24, 2.45) is 0 Å². The molecule has 1 aliphatic carbocycles. The van der Waals surface area contributed by atoms with E-state index in [1.165, 1.54) is 4.90 Å². The first-order chi connectivity index (χ1) is 20.5. The summed E-state index contributed by atoms with van der Waals surface area (Å²) in [7, 11) is 0. The quantitative estimate of drug-likeness (QED) is 0.280. The third-order valence-corrected chi connectivity index (χ3v) is 8.04. The number of carboxylic acids is 1. The fourth-order valence-electron chi connectivity index (χ4n) is 6.03. The number of para-hydroxylation sites is 1. The molecule has 1 aliphatic heterocycles. The van der Waals surface area contributed by atoms with E-state index in [9.17, 15) is 19.5 Å². The highest BCUT2D eigenvalue weighted by Gasteiger charge is 2.47. The monoisotopic (exact) mass is 562 g/mol. The highest BCUT2D eigenvalue weighted by atomic mass is 16.6. The molecule has 1 atom stereocenters. The number of rotatable bonds is 6. The van der Waals surface area contributed by atoms with Crippen molar-refractivity contribution in [2.75, 3.05) is 18.1 Å². The Balaban J connectivity index is 1.22. The number of benzene rings is 4. The Labute approximate surface area is 243 Å². The van der Waals surface area contributed by atoms with Crippen molar-refractivity contribution in [2.45, 2.75) is 30.9 Å². The van der Waals surface area contributed by atoms with Crippen LogP contribution in [0, 0.1) is 0 Å². The minimum Gasteiger partial charge on any atom is -0.479 e. The van der Waals surface area contributed by atoms with E-state index in [0.29, 0.717) is 17.7 Å². The van der Waals surface area contributed by atoms with Crippen LogP contribution in [0.1, 0.15) is 41.0 Å². The van der Waals surface area contributed by atoms with Gasteiger partial charge in [0.25, 0.3) is 0 Å². The standard InChI is InChI=1S/C34H30N2O6/c37-31(38)34(35-32(39)41-22-28-26-15-6-4-13-24(26)25-14-5-7-16-27(25)28)19-10-20-36(30-18-9-8-17-29(30)34)33(40)42-21-23-11-2-1-3-12-23/h1-9,11-18,28H,10,19-22H2,(H,35,39)(H,37,38). The topological polar surface area (TPSA) is 105 Å². The average Bonchev–Trinajstić information content (AvgIpc) is 3.24. The van der Waals surface area contributed by atoms with Crippen molar-refractivity contribution >= 4 is 23.8 Å². The average molecular weight is 563 g/mol. The molecule has 8 heteroatoms. The van der Waals surface area contributed by atoms with Crippen LogP contribution in [0.25, 0.3) is 11.1 Å². The van der Waals surface area contributed by atoms with Crippen LogP contribution in [0.4, 0.5) is 15.3 Å². The molecule has 1 unspecified atom stereocenters. The summed E-state index contributed by atoms with van der Waals surface area (Å²) in [6.45, 7) is 0.363. The molecule has 4 aromatic carbocycles. The van der Waals surface area contributed by atoms with E-state index < -0.39 is 23.7 Å². The van der Waals surface area contributed by atoms with Gasteiger partial charge >= 0.3 is 18.2 Å². The molecule has 0 aromatic heterocycles. The van der Waals surface area contributed by atoms with E-state index in [1.54, 1.807) is 24.3 Å². The summed E-state index contributed by atoms with van der Waals surface area (Å²) in [4.78, 5) is 40.8. The first-order valence-corrected chi connectivity index (χ1v) is 13.9. The molecule has 0 saturated carbocycles. The summed E-state index contributed by atoms with van der Waals surface area (Å²) in [6, 6.07) is 32.0. The maximum atomic E-state index is 13.3. The number of ether oxygens (including phenoxy) is 2. The highest BCUT2D eigenvalue weighted by molar-refractivity contribution is 5.94. The zero-order valence-corrected chi connectivity index (χ0v) is 22.9. The van der Waals surface area contributed by atoms with Gasteiger partial charge in [-0.2, -0.15) is 0 Å².